The van der Waals surface area contributed by atoms with Crippen molar-refractivity contribution in [2.45, 2.75) is 44.6 Å². The molecule has 0 radical (unpaired) electrons. The highest BCUT2D eigenvalue weighted by atomic mass is 16.5. The molecule has 2 heterocycles. The Morgan fingerprint density at radius 1 is 1.26 bits per heavy atom. The molecule has 1 N–H and O–H groups in total. The van der Waals surface area contributed by atoms with Gasteiger partial charge < -0.3 is 10.1 Å². The topological polar surface area (TPSA) is 21.3 Å². The molecule has 19 heavy (non-hydrogen) atoms. The third-order valence-corrected chi connectivity index (χ3v) is 5.13. The molecule has 2 saturated heterocycles. The summed E-state index contributed by atoms with van der Waals surface area (Å²) < 4.78 is 5.92. The number of ether oxygens (including phenoxy) is 1. The molecule has 3 atom stereocenters. The van der Waals surface area contributed by atoms with Crippen molar-refractivity contribution in [3.05, 3.63) is 35.9 Å². The SMILES string of the molecule is CCC1CC2(CCNCC2c2ccccc2)CCO1. The van der Waals surface area contributed by atoms with Crippen molar-refractivity contribution in [2.24, 2.45) is 5.41 Å². The zero-order valence-electron chi connectivity index (χ0n) is 11.9. The lowest BCUT2D eigenvalue weighted by atomic mass is 9.62. The lowest BCUT2D eigenvalue weighted by molar-refractivity contribution is -0.0690. The standard InChI is InChI=1S/C17H25NO/c1-2-15-12-17(9-11-19-15)8-10-18-13-16(17)14-6-4-3-5-7-14/h3-7,15-16,18H,2,8-13H2,1H3. The number of hydrogen-bond donors (Lipinski definition) is 1. The fourth-order valence-electron chi connectivity index (χ4n) is 3.98. The van der Waals surface area contributed by atoms with Gasteiger partial charge >= 0.3 is 0 Å². The Morgan fingerprint density at radius 2 is 2.11 bits per heavy atom. The zero-order chi connectivity index (χ0) is 13.1. The summed E-state index contributed by atoms with van der Waals surface area (Å²) in [5.41, 5.74) is 1.97. The van der Waals surface area contributed by atoms with Crippen LogP contribution >= 0.6 is 0 Å². The van der Waals surface area contributed by atoms with Crippen LogP contribution in [0.4, 0.5) is 0 Å². The Kier molecular flexibility index (Phi) is 3.90. The highest BCUT2D eigenvalue weighted by molar-refractivity contribution is 5.24. The second kappa shape index (κ2) is 5.64. The maximum atomic E-state index is 5.92. The zero-order valence-corrected chi connectivity index (χ0v) is 11.9. The quantitative estimate of drug-likeness (QED) is 0.879. The molecular weight excluding hydrogens is 234 g/mol. The van der Waals surface area contributed by atoms with E-state index in [1.807, 2.05) is 0 Å². The predicted molar refractivity (Wildman–Crippen MR) is 78.4 cm³/mol. The second-order valence-corrected chi connectivity index (χ2v) is 6.13. The smallest absolute Gasteiger partial charge is 0.0578 e. The molecule has 0 saturated carbocycles. The minimum Gasteiger partial charge on any atom is -0.378 e. The van der Waals surface area contributed by atoms with Crippen molar-refractivity contribution in [1.82, 2.24) is 5.32 Å². The first-order valence-electron chi connectivity index (χ1n) is 7.71. The van der Waals surface area contributed by atoms with Gasteiger partial charge in [-0.05, 0) is 43.2 Å². The Morgan fingerprint density at radius 3 is 2.89 bits per heavy atom. The van der Waals surface area contributed by atoms with E-state index in [1.165, 1.54) is 31.4 Å². The summed E-state index contributed by atoms with van der Waals surface area (Å²) >= 11 is 0. The number of nitrogens with one attached hydrogen (secondary N) is 1. The van der Waals surface area contributed by atoms with Crippen molar-refractivity contribution in [1.29, 1.82) is 0 Å². The van der Waals surface area contributed by atoms with E-state index in [1.54, 1.807) is 0 Å². The molecule has 2 aliphatic rings. The largest absolute Gasteiger partial charge is 0.378 e. The molecule has 1 aromatic rings. The molecule has 2 nitrogen and oxygen atoms in total. The molecule has 0 amide bonds. The summed E-state index contributed by atoms with van der Waals surface area (Å²) in [6, 6.07) is 11.1. The number of hydrogen-bond acceptors (Lipinski definition) is 2. The molecule has 3 unspecified atom stereocenters. The van der Waals surface area contributed by atoms with Crippen LogP contribution in [-0.2, 0) is 4.74 Å². The summed E-state index contributed by atoms with van der Waals surface area (Å²) in [5.74, 6) is 0.653. The van der Waals surface area contributed by atoms with Gasteiger partial charge in [-0.3, -0.25) is 0 Å². The monoisotopic (exact) mass is 259 g/mol. The molecule has 1 aromatic carbocycles. The van der Waals surface area contributed by atoms with Crippen LogP contribution < -0.4 is 5.32 Å². The molecule has 2 heteroatoms. The first kappa shape index (κ1) is 13.1. The van der Waals surface area contributed by atoms with Gasteiger partial charge in [0.25, 0.3) is 0 Å². The molecule has 2 aliphatic heterocycles. The van der Waals surface area contributed by atoms with Gasteiger partial charge in [0.05, 0.1) is 6.10 Å². The van der Waals surface area contributed by atoms with E-state index in [9.17, 15) is 0 Å². The van der Waals surface area contributed by atoms with Gasteiger partial charge in [-0.15, -0.1) is 0 Å². The van der Waals surface area contributed by atoms with Crippen molar-refractivity contribution in [3.63, 3.8) is 0 Å². The van der Waals surface area contributed by atoms with Gasteiger partial charge in [0, 0.05) is 19.1 Å². The van der Waals surface area contributed by atoms with Gasteiger partial charge in [-0.1, -0.05) is 37.3 Å². The van der Waals surface area contributed by atoms with Gasteiger partial charge in [0.2, 0.25) is 0 Å². The second-order valence-electron chi connectivity index (χ2n) is 6.13. The third-order valence-electron chi connectivity index (χ3n) is 5.13. The lowest BCUT2D eigenvalue weighted by Crippen LogP contribution is -2.48. The van der Waals surface area contributed by atoms with E-state index in [0.29, 0.717) is 17.4 Å². The fourth-order valence-corrected chi connectivity index (χ4v) is 3.98. The summed E-state index contributed by atoms with van der Waals surface area (Å²) in [4.78, 5) is 0. The van der Waals surface area contributed by atoms with E-state index in [2.05, 4.69) is 42.6 Å². The Hall–Kier alpha value is -0.860. The lowest BCUT2D eigenvalue weighted by Gasteiger charge is -2.49. The fraction of sp³-hybridized carbons (Fsp3) is 0.647. The molecule has 1 spiro atoms. The van der Waals surface area contributed by atoms with Crippen molar-refractivity contribution < 1.29 is 4.74 Å². The third kappa shape index (κ3) is 2.56. The maximum absolute atomic E-state index is 5.92. The van der Waals surface area contributed by atoms with Gasteiger partial charge in [0.15, 0.2) is 0 Å². The Balaban J connectivity index is 1.88. The maximum Gasteiger partial charge on any atom is 0.0578 e. The van der Waals surface area contributed by atoms with Crippen molar-refractivity contribution in [3.8, 4) is 0 Å². The van der Waals surface area contributed by atoms with Crippen LogP contribution in [0.1, 0.15) is 44.1 Å². The predicted octanol–water partition coefficient (Wildman–Crippen LogP) is 3.34. The molecule has 2 fully saturated rings. The van der Waals surface area contributed by atoms with Crippen LogP contribution in [0.25, 0.3) is 0 Å². The average Bonchev–Trinajstić information content (AvgIpc) is 2.49. The molecule has 0 aromatic heterocycles. The summed E-state index contributed by atoms with van der Waals surface area (Å²) in [5, 5.41) is 3.60. The van der Waals surface area contributed by atoms with Crippen molar-refractivity contribution in [2.75, 3.05) is 19.7 Å². The van der Waals surface area contributed by atoms with E-state index >= 15 is 0 Å². The van der Waals surface area contributed by atoms with Crippen LogP contribution in [-0.4, -0.2) is 25.8 Å². The molecule has 0 aliphatic carbocycles. The van der Waals surface area contributed by atoms with Crippen molar-refractivity contribution >= 4 is 0 Å². The van der Waals surface area contributed by atoms with Crippen LogP contribution in [0.5, 0.6) is 0 Å². The Bertz CT molecular complexity index is 401. The highest BCUT2D eigenvalue weighted by Gasteiger charge is 2.44. The molecular formula is C17H25NO. The van der Waals surface area contributed by atoms with E-state index in [-0.39, 0.29) is 0 Å². The summed E-state index contributed by atoms with van der Waals surface area (Å²) in [7, 11) is 0. The molecule has 104 valence electrons. The Labute approximate surface area is 116 Å². The van der Waals surface area contributed by atoms with Crippen LogP contribution in [0.15, 0.2) is 30.3 Å². The van der Waals surface area contributed by atoms with Crippen LogP contribution in [0.2, 0.25) is 0 Å². The van der Waals surface area contributed by atoms with Crippen LogP contribution in [0, 0.1) is 5.41 Å². The number of rotatable bonds is 2. The minimum absolute atomic E-state index is 0.464. The van der Waals surface area contributed by atoms with Gasteiger partial charge in [0.1, 0.15) is 0 Å². The molecule has 3 rings (SSSR count). The van der Waals surface area contributed by atoms with E-state index in [0.717, 1.165) is 19.6 Å². The summed E-state index contributed by atoms with van der Waals surface area (Å²) in [6.45, 7) is 5.49. The van der Waals surface area contributed by atoms with E-state index < -0.39 is 0 Å². The van der Waals surface area contributed by atoms with Gasteiger partial charge in [-0.2, -0.15) is 0 Å². The summed E-state index contributed by atoms with van der Waals surface area (Å²) in [6.07, 6.45) is 5.39. The first-order chi connectivity index (χ1) is 9.34. The van der Waals surface area contributed by atoms with Gasteiger partial charge in [-0.25, -0.2) is 0 Å². The molecule has 0 bridgehead atoms. The van der Waals surface area contributed by atoms with Crippen LogP contribution in [0.3, 0.4) is 0 Å². The van der Waals surface area contributed by atoms with E-state index in [4.69, 9.17) is 4.74 Å². The first-order valence-corrected chi connectivity index (χ1v) is 7.71. The number of benzene rings is 1. The number of piperidine rings is 1. The minimum atomic E-state index is 0.464. The average molecular weight is 259 g/mol. The normalized spacial score (nSPS) is 35.4. The highest BCUT2D eigenvalue weighted by Crippen LogP contribution is 2.49.